The Balaban J connectivity index is 2.71. The Labute approximate surface area is 192 Å². The highest BCUT2D eigenvalue weighted by Gasteiger charge is 2.44. The topological polar surface area (TPSA) is 132 Å². The SMILES string of the molecule is COC(OC)C1=C(C(=O)O)C(c2ccccc2C=CC(=O)OC(C)(C)C)C(C(=O)O)C(C)=N1. The number of carboxylic acids is 2. The second-order valence-corrected chi connectivity index (χ2v) is 8.45. The van der Waals surface area contributed by atoms with E-state index in [1.165, 1.54) is 33.3 Å². The lowest BCUT2D eigenvalue weighted by molar-refractivity contribution is -0.148. The molecule has 0 aliphatic carbocycles. The molecule has 0 amide bonds. The van der Waals surface area contributed by atoms with E-state index in [4.69, 9.17) is 14.2 Å². The van der Waals surface area contributed by atoms with E-state index in [0.717, 1.165) is 0 Å². The third-order valence-corrected chi connectivity index (χ3v) is 4.95. The number of rotatable bonds is 8. The first-order chi connectivity index (χ1) is 15.4. The fourth-order valence-corrected chi connectivity index (χ4v) is 3.72. The molecule has 0 radical (unpaired) electrons. The molecule has 1 aromatic carbocycles. The standard InChI is InChI=1S/C24H29NO8/c1-13-17(21(27)28)18(19(22(29)30)20(25-13)23(31-5)32-6)15-10-8-7-9-14(15)11-12-16(26)33-24(2,3)4/h7-12,17-18,23H,1-6H3,(H,27,28)(H,29,30). The van der Waals surface area contributed by atoms with Gasteiger partial charge in [-0.1, -0.05) is 24.3 Å². The first-order valence-electron chi connectivity index (χ1n) is 10.2. The Hall–Kier alpha value is -3.30. The molecule has 178 valence electrons. The molecule has 9 heteroatoms. The number of carboxylic acid groups (broad SMARTS) is 2. The van der Waals surface area contributed by atoms with Gasteiger partial charge in [0, 0.05) is 31.9 Å². The molecule has 0 aromatic heterocycles. The minimum absolute atomic E-state index is 0.0153. The van der Waals surface area contributed by atoms with Gasteiger partial charge in [-0.15, -0.1) is 0 Å². The van der Waals surface area contributed by atoms with Crippen LogP contribution < -0.4 is 0 Å². The Morgan fingerprint density at radius 3 is 2.21 bits per heavy atom. The molecule has 2 N–H and O–H groups in total. The van der Waals surface area contributed by atoms with Crippen molar-refractivity contribution in [3.63, 3.8) is 0 Å². The fraction of sp³-hybridized carbons (Fsp3) is 0.417. The van der Waals surface area contributed by atoms with Crippen LogP contribution in [0, 0.1) is 5.92 Å². The normalized spacial score (nSPS) is 19.1. The van der Waals surface area contributed by atoms with E-state index in [1.807, 2.05) is 0 Å². The molecular weight excluding hydrogens is 430 g/mol. The van der Waals surface area contributed by atoms with Crippen molar-refractivity contribution in [3.8, 4) is 0 Å². The average molecular weight is 459 g/mol. The Morgan fingerprint density at radius 1 is 1.09 bits per heavy atom. The largest absolute Gasteiger partial charge is 0.481 e. The Kier molecular flexibility index (Phi) is 8.29. The van der Waals surface area contributed by atoms with Crippen molar-refractivity contribution >= 4 is 29.7 Å². The molecule has 9 nitrogen and oxygen atoms in total. The van der Waals surface area contributed by atoms with Crippen LogP contribution in [0.2, 0.25) is 0 Å². The van der Waals surface area contributed by atoms with Crippen molar-refractivity contribution in [1.29, 1.82) is 0 Å². The molecule has 2 unspecified atom stereocenters. The van der Waals surface area contributed by atoms with Crippen molar-refractivity contribution in [2.24, 2.45) is 10.9 Å². The molecule has 2 rings (SSSR count). The van der Waals surface area contributed by atoms with Gasteiger partial charge in [-0.3, -0.25) is 9.79 Å². The second-order valence-electron chi connectivity index (χ2n) is 8.45. The maximum atomic E-state index is 12.4. The summed E-state index contributed by atoms with van der Waals surface area (Å²) >= 11 is 0. The summed E-state index contributed by atoms with van der Waals surface area (Å²) in [5.41, 5.74) is 0.129. The minimum Gasteiger partial charge on any atom is -0.481 e. The highest BCUT2D eigenvalue weighted by atomic mass is 16.7. The number of esters is 1. The van der Waals surface area contributed by atoms with Crippen LogP contribution in [-0.4, -0.2) is 59.9 Å². The van der Waals surface area contributed by atoms with Crippen LogP contribution in [0.1, 0.15) is 44.7 Å². The fourth-order valence-electron chi connectivity index (χ4n) is 3.72. The molecule has 1 aliphatic heterocycles. The monoisotopic (exact) mass is 459 g/mol. The zero-order chi connectivity index (χ0) is 24.9. The van der Waals surface area contributed by atoms with Gasteiger partial charge in [-0.05, 0) is 44.9 Å². The zero-order valence-electron chi connectivity index (χ0n) is 19.5. The van der Waals surface area contributed by atoms with E-state index < -0.39 is 41.6 Å². The first kappa shape index (κ1) is 26.0. The van der Waals surface area contributed by atoms with Crippen LogP contribution in [0.4, 0.5) is 0 Å². The van der Waals surface area contributed by atoms with E-state index in [-0.39, 0.29) is 17.0 Å². The second kappa shape index (κ2) is 10.5. The maximum absolute atomic E-state index is 12.4. The predicted molar refractivity (Wildman–Crippen MR) is 121 cm³/mol. The maximum Gasteiger partial charge on any atom is 0.334 e. The summed E-state index contributed by atoms with van der Waals surface area (Å²) in [6, 6.07) is 6.67. The van der Waals surface area contributed by atoms with Gasteiger partial charge in [0.25, 0.3) is 0 Å². The van der Waals surface area contributed by atoms with Gasteiger partial charge in [0.1, 0.15) is 17.2 Å². The predicted octanol–water partition coefficient (Wildman–Crippen LogP) is 3.26. The first-order valence-corrected chi connectivity index (χ1v) is 10.2. The van der Waals surface area contributed by atoms with E-state index in [0.29, 0.717) is 11.1 Å². The quantitative estimate of drug-likeness (QED) is 0.344. The van der Waals surface area contributed by atoms with E-state index >= 15 is 0 Å². The third-order valence-electron chi connectivity index (χ3n) is 4.95. The van der Waals surface area contributed by atoms with Gasteiger partial charge in [0.05, 0.1) is 5.57 Å². The van der Waals surface area contributed by atoms with Crippen molar-refractivity contribution in [2.75, 3.05) is 14.2 Å². The molecule has 0 saturated heterocycles. The summed E-state index contributed by atoms with van der Waals surface area (Å²) in [5.74, 6) is -5.51. The van der Waals surface area contributed by atoms with E-state index in [1.54, 1.807) is 45.0 Å². The number of carbonyl (C=O) groups excluding carboxylic acids is 1. The average Bonchev–Trinajstić information content (AvgIpc) is 2.71. The van der Waals surface area contributed by atoms with E-state index in [9.17, 15) is 24.6 Å². The number of ether oxygens (including phenoxy) is 3. The molecule has 2 atom stereocenters. The molecule has 0 saturated carbocycles. The summed E-state index contributed by atoms with van der Waals surface area (Å²) in [5, 5.41) is 20.0. The highest BCUT2D eigenvalue weighted by Crippen LogP contribution is 2.42. The number of aliphatic carboxylic acids is 2. The lowest BCUT2D eigenvalue weighted by Gasteiger charge is -2.32. The van der Waals surface area contributed by atoms with Crippen molar-refractivity contribution in [3.05, 3.63) is 52.7 Å². The van der Waals surface area contributed by atoms with Gasteiger partial charge >= 0.3 is 17.9 Å². The summed E-state index contributed by atoms with van der Waals surface area (Å²) in [6.07, 6.45) is 1.60. The molecule has 1 heterocycles. The summed E-state index contributed by atoms with van der Waals surface area (Å²) in [6.45, 7) is 6.73. The van der Waals surface area contributed by atoms with Gasteiger partial charge < -0.3 is 24.4 Å². The lowest BCUT2D eigenvalue weighted by atomic mass is 9.74. The summed E-state index contributed by atoms with van der Waals surface area (Å²) in [4.78, 5) is 41.0. The number of carbonyl (C=O) groups is 3. The lowest BCUT2D eigenvalue weighted by Crippen LogP contribution is -2.37. The number of methoxy groups -OCH3 is 2. The molecule has 0 fully saturated rings. The minimum atomic E-state index is -1.34. The highest BCUT2D eigenvalue weighted by molar-refractivity contribution is 6.06. The number of benzene rings is 1. The molecule has 33 heavy (non-hydrogen) atoms. The van der Waals surface area contributed by atoms with Crippen LogP contribution in [0.15, 0.2) is 46.6 Å². The third kappa shape index (κ3) is 6.15. The number of hydrogen-bond acceptors (Lipinski definition) is 7. The number of aliphatic imine (C=N–C) groups is 1. The molecule has 0 spiro atoms. The molecule has 0 bridgehead atoms. The smallest absolute Gasteiger partial charge is 0.334 e. The summed E-state index contributed by atoms with van der Waals surface area (Å²) in [7, 11) is 2.67. The van der Waals surface area contributed by atoms with Crippen molar-refractivity contribution in [2.45, 2.75) is 45.5 Å². The molecule has 1 aliphatic rings. The van der Waals surface area contributed by atoms with E-state index in [2.05, 4.69) is 4.99 Å². The van der Waals surface area contributed by atoms with Crippen LogP contribution >= 0.6 is 0 Å². The van der Waals surface area contributed by atoms with Gasteiger partial charge in [0.2, 0.25) is 6.29 Å². The number of hydrogen-bond donors (Lipinski definition) is 2. The van der Waals surface area contributed by atoms with Crippen LogP contribution in [0.3, 0.4) is 0 Å². The van der Waals surface area contributed by atoms with Crippen LogP contribution in [0.25, 0.3) is 6.08 Å². The van der Waals surface area contributed by atoms with Gasteiger partial charge in [-0.25, -0.2) is 9.59 Å². The zero-order valence-corrected chi connectivity index (χ0v) is 19.5. The van der Waals surface area contributed by atoms with Gasteiger partial charge in [0.15, 0.2) is 0 Å². The molecule has 1 aromatic rings. The Morgan fingerprint density at radius 2 is 1.70 bits per heavy atom. The number of nitrogens with zero attached hydrogens (tertiary/aromatic N) is 1. The van der Waals surface area contributed by atoms with Crippen LogP contribution in [-0.2, 0) is 28.6 Å². The molecular formula is C24H29NO8. The Bertz CT molecular complexity index is 1010. The van der Waals surface area contributed by atoms with Gasteiger partial charge in [-0.2, -0.15) is 0 Å². The van der Waals surface area contributed by atoms with Crippen molar-refractivity contribution in [1.82, 2.24) is 0 Å². The van der Waals surface area contributed by atoms with Crippen molar-refractivity contribution < 1.29 is 38.8 Å². The van der Waals surface area contributed by atoms with Crippen LogP contribution in [0.5, 0.6) is 0 Å². The summed E-state index contributed by atoms with van der Waals surface area (Å²) < 4.78 is 15.7.